The second-order valence-electron chi connectivity index (χ2n) is 6.28. The lowest BCUT2D eigenvalue weighted by atomic mass is 10.00. The van der Waals surface area contributed by atoms with Crippen LogP contribution in [0.4, 0.5) is 0 Å². The zero-order valence-electron chi connectivity index (χ0n) is 12.6. The molecule has 4 atom stereocenters. The third kappa shape index (κ3) is 3.04. The summed E-state index contributed by atoms with van der Waals surface area (Å²) in [6.45, 7) is 1.84. The Bertz CT molecular complexity index is 626. The van der Waals surface area contributed by atoms with Gasteiger partial charge in [0.05, 0.1) is 11.0 Å². The Labute approximate surface area is 130 Å². The highest BCUT2D eigenvalue weighted by atomic mass is 32.2. The number of benzene rings is 1. The average molecular weight is 327 g/mol. The fourth-order valence-corrected chi connectivity index (χ4v) is 3.91. The minimum absolute atomic E-state index is 0.0666. The standard InChI is InChI=1S/C8H13NO2.C7H8O3S/c1-9-5-2-4(10)3-6(9)8-7(5)11-8;1-6-2-4-7(5-3-6)11(8,9)10/h4-8,10H,2-3H2,1H3;2-5H,1H3,(H,8,9,10). The summed E-state index contributed by atoms with van der Waals surface area (Å²) in [5.41, 5.74) is 0.956. The largest absolute Gasteiger partial charge is 0.393 e. The van der Waals surface area contributed by atoms with Crippen molar-refractivity contribution in [1.82, 2.24) is 4.90 Å². The molecule has 122 valence electrons. The van der Waals surface area contributed by atoms with E-state index in [0.717, 1.165) is 18.4 Å². The SMILES string of the molecule is CN1C2CC(O)CC1C1OC12.Cc1ccc(S(=O)(=O)O)cc1. The summed E-state index contributed by atoms with van der Waals surface area (Å²) < 4.78 is 35.0. The molecule has 0 spiro atoms. The first-order chi connectivity index (χ1) is 10.3. The highest BCUT2D eigenvalue weighted by Gasteiger charge is 2.62. The molecule has 0 aromatic heterocycles. The first-order valence-corrected chi connectivity index (χ1v) is 8.81. The first-order valence-electron chi connectivity index (χ1n) is 7.37. The van der Waals surface area contributed by atoms with E-state index in [0.29, 0.717) is 24.3 Å². The molecule has 3 fully saturated rings. The number of piperidine rings is 1. The van der Waals surface area contributed by atoms with Crippen LogP contribution in [-0.2, 0) is 14.9 Å². The molecule has 2 N–H and O–H groups in total. The molecule has 0 saturated carbocycles. The van der Waals surface area contributed by atoms with Gasteiger partial charge in [-0.15, -0.1) is 0 Å². The van der Waals surface area contributed by atoms with Gasteiger partial charge in [-0.2, -0.15) is 8.42 Å². The lowest BCUT2D eigenvalue weighted by Gasteiger charge is -2.36. The number of fused-ring (bicyclic) bond motifs is 5. The Balaban J connectivity index is 0.000000131. The maximum atomic E-state index is 10.5. The van der Waals surface area contributed by atoms with E-state index in [1.165, 1.54) is 12.1 Å². The molecule has 3 aliphatic heterocycles. The smallest absolute Gasteiger partial charge is 0.294 e. The Hall–Kier alpha value is -0.990. The Morgan fingerprint density at radius 2 is 1.64 bits per heavy atom. The highest BCUT2D eigenvalue weighted by molar-refractivity contribution is 7.85. The molecule has 2 bridgehead atoms. The molecule has 1 aromatic rings. The van der Waals surface area contributed by atoms with Crippen LogP contribution in [0.2, 0.25) is 0 Å². The zero-order chi connectivity index (χ0) is 16.1. The van der Waals surface area contributed by atoms with Crippen molar-refractivity contribution >= 4 is 10.1 Å². The zero-order valence-corrected chi connectivity index (χ0v) is 13.4. The predicted octanol–water partition coefficient (Wildman–Crippen LogP) is 0.833. The summed E-state index contributed by atoms with van der Waals surface area (Å²) in [5, 5.41) is 9.46. The van der Waals surface area contributed by atoms with Crippen LogP contribution in [0.15, 0.2) is 29.2 Å². The van der Waals surface area contributed by atoms with E-state index in [9.17, 15) is 13.5 Å². The Morgan fingerprint density at radius 3 is 2.09 bits per heavy atom. The van der Waals surface area contributed by atoms with Gasteiger partial charge in [0.25, 0.3) is 10.1 Å². The maximum absolute atomic E-state index is 10.5. The summed E-state index contributed by atoms with van der Waals surface area (Å²) in [5.74, 6) is 0. The molecule has 0 radical (unpaired) electrons. The fourth-order valence-electron chi connectivity index (χ4n) is 3.43. The molecule has 3 heterocycles. The summed E-state index contributed by atoms with van der Waals surface area (Å²) in [4.78, 5) is 2.31. The number of aliphatic hydroxyl groups is 1. The van der Waals surface area contributed by atoms with E-state index in [4.69, 9.17) is 9.29 Å². The molecule has 7 heteroatoms. The van der Waals surface area contributed by atoms with Crippen molar-refractivity contribution in [3.63, 3.8) is 0 Å². The first kappa shape index (κ1) is 15.9. The number of rotatable bonds is 1. The lowest BCUT2D eigenvalue weighted by Crippen LogP contribution is -2.46. The molecular formula is C15H21NO5S. The van der Waals surface area contributed by atoms with Gasteiger partial charge in [0, 0.05) is 12.1 Å². The molecule has 1 aromatic carbocycles. The lowest BCUT2D eigenvalue weighted by molar-refractivity contribution is 0.00149. The van der Waals surface area contributed by atoms with Crippen LogP contribution in [0.1, 0.15) is 18.4 Å². The number of hydrogen-bond donors (Lipinski definition) is 2. The van der Waals surface area contributed by atoms with Gasteiger partial charge in [-0.1, -0.05) is 17.7 Å². The monoisotopic (exact) mass is 327 g/mol. The van der Waals surface area contributed by atoms with Crippen LogP contribution in [0.3, 0.4) is 0 Å². The van der Waals surface area contributed by atoms with E-state index < -0.39 is 10.1 Å². The number of nitrogens with zero attached hydrogens (tertiary/aromatic N) is 1. The minimum Gasteiger partial charge on any atom is -0.393 e. The van der Waals surface area contributed by atoms with Crippen molar-refractivity contribution in [3.8, 4) is 0 Å². The average Bonchev–Trinajstić information content (AvgIpc) is 3.17. The van der Waals surface area contributed by atoms with Crippen LogP contribution in [0.5, 0.6) is 0 Å². The van der Waals surface area contributed by atoms with Crippen molar-refractivity contribution in [1.29, 1.82) is 0 Å². The third-order valence-electron chi connectivity index (χ3n) is 4.71. The number of ether oxygens (including phenoxy) is 1. The molecule has 0 amide bonds. The number of likely N-dealkylation sites (N-methyl/N-ethyl adjacent to an activating group) is 1. The molecule has 6 nitrogen and oxygen atoms in total. The van der Waals surface area contributed by atoms with Crippen molar-refractivity contribution in [2.45, 2.75) is 55.1 Å². The van der Waals surface area contributed by atoms with Gasteiger partial charge in [0.15, 0.2) is 0 Å². The number of epoxide rings is 1. The summed E-state index contributed by atoms with van der Waals surface area (Å²) in [6.07, 6.45) is 2.67. The minimum atomic E-state index is -4.02. The second-order valence-corrected chi connectivity index (χ2v) is 7.70. The van der Waals surface area contributed by atoms with E-state index in [2.05, 4.69) is 11.9 Å². The van der Waals surface area contributed by atoms with Gasteiger partial charge in [0.1, 0.15) is 12.2 Å². The van der Waals surface area contributed by atoms with Crippen molar-refractivity contribution < 1.29 is 22.8 Å². The van der Waals surface area contributed by atoms with Crippen LogP contribution < -0.4 is 0 Å². The summed E-state index contributed by atoms with van der Waals surface area (Å²) in [7, 11) is -1.87. The van der Waals surface area contributed by atoms with E-state index >= 15 is 0 Å². The van der Waals surface area contributed by atoms with Gasteiger partial charge in [-0.05, 0) is 38.9 Å². The quantitative estimate of drug-likeness (QED) is 0.587. The predicted molar refractivity (Wildman–Crippen MR) is 80.2 cm³/mol. The topological polar surface area (TPSA) is 90.4 Å². The molecule has 4 rings (SSSR count). The van der Waals surface area contributed by atoms with Gasteiger partial charge in [-0.25, -0.2) is 0 Å². The number of aliphatic hydroxyl groups excluding tert-OH is 1. The van der Waals surface area contributed by atoms with Gasteiger partial charge in [0.2, 0.25) is 0 Å². The van der Waals surface area contributed by atoms with Crippen molar-refractivity contribution in [3.05, 3.63) is 29.8 Å². The van der Waals surface area contributed by atoms with Crippen molar-refractivity contribution in [2.24, 2.45) is 0 Å². The Morgan fingerprint density at radius 1 is 1.14 bits per heavy atom. The van der Waals surface area contributed by atoms with E-state index in [-0.39, 0.29) is 11.0 Å². The molecule has 22 heavy (non-hydrogen) atoms. The van der Waals surface area contributed by atoms with E-state index in [1.54, 1.807) is 12.1 Å². The third-order valence-corrected chi connectivity index (χ3v) is 5.58. The molecular weight excluding hydrogens is 306 g/mol. The number of hydrogen-bond acceptors (Lipinski definition) is 5. The highest BCUT2D eigenvalue weighted by Crippen LogP contribution is 2.47. The van der Waals surface area contributed by atoms with Gasteiger partial charge >= 0.3 is 0 Å². The van der Waals surface area contributed by atoms with Crippen LogP contribution >= 0.6 is 0 Å². The van der Waals surface area contributed by atoms with Gasteiger partial charge < -0.3 is 9.84 Å². The normalized spacial score (nSPS) is 36.3. The summed E-state index contributed by atoms with van der Waals surface area (Å²) >= 11 is 0. The molecule has 4 unspecified atom stereocenters. The van der Waals surface area contributed by atoms with E-state index in [1.807, 2.05) is 6.92 Å². The molecule has 3 aliphatic rings. The van der Waals surface area contributed by atoms with Crippen LogP contribution in [0, 0.1) is 6.92 Å². The van der Waals surface area contributed by atoms with Crippen LogP contribution in [-0.4, -0.2) is 60.4 Å². The second kappa shape index (κ2) is 5.58. The van der Waals surface area contributed by atoms with Crippen LogP contribution in [0.25, 0.3) is 0 Å². The Kier molecular flexibility index (Phi) is 4.03. The van der Waals surface area contributed by atoms with Gasteiger partial charge in [-0.3, -0.25) is 9.45 Å². The fraction of sp³-hybridized carbons (Fsp3) is 0.600. The molecule has 3 saturated heterocycles. The number of morpholine rings is 1. The number of aryl methyl sites for hydroxylation is 1. The molecule has 0 aliphatic carbocycles. The maximum Gasteiger partial charge on any atom is 0.294 e. The van der Waals surface area contributed by atoms with Crippen molar-refractivity contribution in [2.75, 3.05) is 7.05 Å². The summed E-state index contributed by atoms with van der Waals surface area (Å²) in [6, 6.07) is 7.00.